The summed E-state index contributed by atoms with van der Waals surface area (Å²) >= 11 is 0. The van der Waals surface area contributed by atoms with Crippen LogP contribution >= 0.6 is 0 Å². The van der Waals surface area contributed by atoms with Gasteiger partial charge in [0.2, 0.25) is 0 Å². The first-order valence-electron chi connectivity index (χ1n) is 8.39. The van der Waals surface area contributed by atoms with E-state index in [0.717, 1.165) is 0 Å². The predicted molar refractivity (Wildman–Crippen MR) is 96.3 cm³/mol. The van der Waals surface area contributed by atoms with Gasteiger partial charge in [0.1, 0.15) is 17.1 Å². The number of carbonyl (C=O) groups is 2. The van der Waals surface area contributed by atoms with E-state index in [0.29, 0.717) is 17.8 Å². The number of amides is 1. The molecule has 0 saturated heterocycles. The summed E-state index contributed by atoms with van der Waals surface area (Å²) in [6.07, 6.45) is 3.32. The van der Waals surface area contributed by atoms with E-state index < -0.39 is 11.7 Å². The van der Waals surface area contributed by atoms with Crippen LogP contribution in [0.1, 0.15) is 56.6 Å². The zero-order chi connectivity index (χ0) is 19.6. The minimum atomic E-state index is -0.625. The van der Waals surface area contributed by atoms with Gasteiger partial charge in [-0.05, 0) is 39.0 Å². The summed E-state index contributed by atoms with van der Waals surface area (Å²) in [4.78, 5) is 32.8. The molecule has 0 aromatic carbocycles. The van der Waals surface area contributed by atoms with Crippen molar-refractivity contribution in [3.05, 3.63) is 47.8 Å². The average molecular weight is 359 g/mol. The highest BCUT2D eigenvalue weighted by Gasteiger charge is 2.23. The van der Waals surface area contributed by atoms with Crippen molar-refractivity contribution in [2.75, 3.05) is 0 Å². The van der Waals surface area contributed by atoms with Crippen LogP contribution in [0.2, 0.25) is 0 Å². The molecule has 0 atom stereocenters. The molecule has 0 spiro atoms. The lowest BCUT2D eigenvalue weighted by Crippen LogP contribution is -2.36. The van der Waals surface area contributed by atoms with Crippen molar-refractivity contribution in [3.63, 3.8) is 0 Å². The molecule has 0 fully saturated rings. The van der Waals surface area contributed by atoms with Gasteiger partial charge in [-0.1, -0.05) is 13.8 Å². The topological polar surface area (TPSA) is 98.2 Å². The van der Waals surface area contributed by atoms with Crippen LogP contribution < -0.4 is 0 Å². The monoisotopic (exact) mass is 359 g/mol. The van der Waals surface area contributed by atoms with Gasteiger partial charge in [0.25, 0.3) is 0 Å². The van der Waals surface area contributed by atoms with Crippen molar-refractivity contribution in [3.8, 4) is 0 Å². The molecule has 2 aromatic heterocycles. The van der Waals surface area contributed by atoms with Gasteiger partial charge >= 0.3 is 6.09 Å². The summed E-state index contributed by atoms with van der Waals surface area (Å²) in [7, 11) is 0. The molecule has 0 N–H and O–H groups in total. The van der Waals surface area contributed by atoms with E-state index in [1.165, 1.54) is 4.90 Å². The minimum absolute atomic E-state index is 0.166. The molecule has 0 bridgehead atoms. The fraction of sp³-hybridized carbons (Fsp3) is 0.444. The Morgan fingerprint density at radius 3 is 2.27 bits per heavy atom. The minimum Gasteiger partial charge on any atom is -0.444 e. The third-order valence-corrected chi connectivity index (χ3v) is 2.82. The number of hydrogen-bond donors (Lipinski definition) is 0. The van der Waals surface area contributed by atoms with Crippen molar-refractivity contribution >= 4 is 12.4 Å². The zero-order valence-corrected chi connectivity index (χ0v) is 15.8. The Kier molecular flexibility index (Phi) is 8.27. The van der Waals surface area contributed by atoms with E-state index in [9.17, 15) is 9.59 Å². The Labute approximate surface area is 153 Å². The lowest BCUT2D eigenvalue weighted by molar-refractivity contribution is 0.0208. The van der Waals surface area contributed by atoms with E-state index in [2.05, 4.69) is 20.2 Å². The first-order chi connectivity index (χ1) is 12.4. The maximum atomic E-state index is 12.4. The Morgan fingerprint density at radius 1 is 1.12 bits per heavy atom. The van der Waals surface area contributed by atoms with Crippen LogP contribution in [0.3, 0.4) is 0 Å². The number of aldehydes is 1. The molecule has 0 radical (unpaired) electrons. The van der Waals surface area contributed by atoms with Crippen LogP contribution in [0.5, 0.6) is 0 Å². The van der Waals surface area contributed by atoms with Crippen molar-refractivity contribution in [2.24, 2.45) is 0 Å². The van der Waals surface area contributed by atoms with E-state index in [1.807, 2.05) is 13.8 Å². The Hall–Kier alpha value is -2.90. The molecule has 8 heteroatoms. The Balaban J connectivity index is 0.00000163. The van der Waals surface area contributed by atoms with Crippen molar-refractivity contribution in [1.29, 1.82) is 0 Å². The van der Waals surface area contributed by atoms with Gasteiger partial charge in [-0.15, -0.1) is 5.10 Å². The van der Waals surface area contributed by atoms with Crippen LogP contribution in [0.25, 0.3) is 0 Å². The van der Waals surface area contributed by atoms with Gasteiger partial charge in [0.05, 0.1) is 18.8 Å². The van der Waals surface area contributed by atoms with Crippen LogP contribution in [0, 0.1) is 0 Å². The molecular formula is C18H25N5O3. The van der Waals surface area contributed by atoms with Crippen LogP contribution in [0.4, 0.5) is 4.79 Å². The molecule has 8 nitrogen and oxygen atoms in total. The Morgan fingerprint density at radius 2 is 1.77 bits per heavy atom. The standard InChI is InChI=1S/C16H19N5O3.C2H6/c1-16(2,3)24-15(23)21(10-14-17-7-4-8-18-14)9-12-5-6-13(11-22)20-19-12;1-2/h4-8,11H,9-10H2,1-3H3;1-2H3. The number of hydrogen-bond acceptors (Lipinski definition) is 7. The second kappa shape index (κ2) is 10.2. The van der Waals surface area contributed by atoms with Crippen molar-refractivity contribution in [1.82, 2.24) is 25.1 Å². The largest absolute Gasteiger partial charge is 0.444 e. The molecule has 1 amide bonds. The van der Waals surface area contributed by atoms with Crippen molar-refractivity contribution in [2.45, 2.75) is 53.3 Å². The smallest absolute Gasteiger partial charge is 0.411 e. The van der Waals surface area contributed by atoms with Gasteiger partial charge in [-0.25, -0.2) is 14.8 Å². The molecule has 0 aliphatic carbocycles. The number of ether oxygens (including phenoxy) is 1. The predicted octanol–water partition coefficient (Wildman–Crippen LogP) is 3.04. The summed E-state index contributed by atoms with van der Waals surface area (Å²) in [5.41, 5.74) is 0.135. The summed E-state index contributed by atoms with van der Waals surface area (Å²) in [5.74, 6) is 0.487. The SMILES string of the molecule is CC.CC(C)(C)OC(=O)N(Cc1ccc(C=O)nn1)Cc1ncccn1. The number of carbonyl (C=O) groups excluding carboxylic acids is 2. The second-order valence-corrected chi connectivity index (χ2v) is 6.07. The fourth-order valence-electron chi connectivity index (χ4n) is 1.81. The second-order valence-electron chi connectivity index (χ2n) is 6.07. The third kappa shape index (κ3) is 7.33. The summed E-state index contributed by atoms with van der Waals surface area (Å²) in [6.45, 7) is 9.72. The maximum Gasteiger partial charge on any atom is 0.411 e. The van der Waals surface area contributed by atoms with E-state index in [4.69, 9.17) is 4.74 Å². The molecule has 2 rings (SSSR count). The highest BCUT2D eigenvalue weighted by Crippen LogP contribution is 2.13. The van der Waals surface area contributed by atoms with Crippen molar-refractivity contribution < 1.29 is 14.3 Å². The van der Waals surface area contributed by atoms with Crippen LogP contribution in [-0.2, 0) is 17.8 Å². The quantitative estimate of drug-likeness (QED) is 0.757. The number of aromatic nitrogens is 4. The van der Waals surface area contributed by atoms with Gasteiger partial charge in [-0.3, -0.25) is 9.69 Å². The average Bonchev–Trinajstić information content (AvgIpc) is 2.63. The first kappa shape index (κ1) is 21.1. The number of rotatable bonds is 5. The van der Waals surface area contributed by atoms with Gasteiger partial charge in [0, 0.05) is 12.4 Å². The number of nitrogens with zero attached hydrogens (tertiary/aromatic N) is 5. The molecule has 140 valence electrons. The third-order valence-electron chi connectivity index (χ3n) is 2.82. The zero-order valence-electron chi connectivity index (χ0n) is 15.8. The van der Waals surface area contributed by atoms with Crippen LogP contribution in [0.15, 0.2) is 30.6 Å². The van der Waals surface area contributed by atoms with Gasteiger partial charge in [0.15, 0.2) is 6.29 Å². The lowest BCUT2D eigenvalue weighted by Gasteiger charge is -2.26. The first-order valence-corrected chi connectivity index (χ1v) is 8.39. The molecule has 0 unspecified atom stereocenters. The Bertz CT molecular complexity index is 684. The molecule has 0 aliphatic heterocycles. The molecule has 0 aliphatic rings. The fourth-order valence-corrected chi connectivity index (χ4v) is 1.81. The van der Waals surface area contributed by atoms with E-state index >= 15 is 0 Å². The van der Waals surface area contributed by atoms with Gasteiger partial charge in [-0.2, -0.15) is 5.10 Å². The highest BCUT2D eigenvalue weighted by molar-refractivity contribution is 5.71. The molecular weight excluding hydrogens is 334 g/mol. The molecule has 26 heavy (non-hydrogen) atoms. The van der Waals surface area contributed by atoms with E-state index in [1.54, 1.807) is 51.4 Å². The highest BCUT2D eigenvalue weighted by atomic mass is 16.6. The molecule has 2 aromatic rings. The molecule has 2 heterocycles. The summed E-state index contributed by atoms with van der Waals surface area (Å²) in [6, 6.07) is 4.88. The summed E-state index contributed by atoms with van der Waals surface area (Å²) < 4.78 is 5.42. The lowest BCUT2D eigenvalue weighted by atomic mass is 10.2. The summed E-state index contributed by atoms with van der Waals surface area (Å²) in [5, 5.41) is 7.70. The molecule has 0 saturated carbocycles. The van der Waals surface area contributed by atoms with Gasteiger partial charge < -0.3 is 4.74 Å². The van der Waals surface area contributed by atoms with E-state index in [-0.39, 0.29) is 18.8 Å². The normalized spacial score (nSPS) is 10.3. The maximum absolute atomic E-state index is 12.4. The van der Waals surface area contributed by atoms with Crippen LogP contribution in [-0.4, -0.2) is 43.0 Å².